The Bertz CT molecular complexity index is 786. The van der Waals surface area contributed by atoms with E-state index in [1.54, 1.807) is 34.9 Å². The van der Waals surface area contributed by atoms with Gasteiger partial charge in [-0.3, -0.25) is 9.69 Å². The van der Waals surface area contributed by atoms with Gasteiger partial charge in [0.05, 0.1) is 11.3 Å². The van der Waals surface area contributed by atoms with Crippen LogP contribution in [0.4, 0.5) is 5.69 Å². The number of hydrogen-bond acceptors (Lipinski definition) is 3. The first-order valence-electron chi connectivity index (χ1n) is 7.87. The van der Waals surface area contributed by atoms with Crippen molar-refractivity contribution in [1.82, 2.24) is 0 Å². The van der Waals surface area contributed by atoms with E-state index in [4.69, 9.17) is 0 Å². The molecule has 1 heterocycles. The molecule has 124 valence electrons. The lowest BCUT2D eigenvalue weighted by atomic mass is 10.0. The minimum absolute atomic E-state index is 0.0587. The number of nitrogens with zero attached hydrogens (tertiary/aromatic N) is 1. The summed E-state index contributed by atoms with van der Waals surface area (Å²) in [5.74, 6) is -0.459. The van der Waals surface area contributed by atoms with Crippen molar-refractivity contribution in [2.75, 3.05) is 10.7 Å². The number of aryl methyl sites for hydroxylation is 2. The Morgan fingerprint density at radius 3 is 2.58 bits per heavy atom. The fourth-order valence-electron chi connectivity index (χ4n) is 2.90. The second-order valence-electron chi connectivity index (χ2n) is 5.84. The van der Waals surface area contributed by atoms with Crippen molar-refractivity contribution < 1.29 is 14.7 Å². The number of carbonyl (C=O) groups excluding carboxylic acids is 1. The van der Waals surface area contributed by atoms with Crippen LogP contribution in [0.25, 0.3) is 0 Å². The van der Waals surface area contributed by atoms with Gasteiger partial charge in [-0.2, -0.15) is 0 Å². The Kier molecular flexibility index (Phi) is 4.62. The molecule has 0 bridgehead atoms. The summed E-state index contributed by atoms with van der Waals surface area (Å²) in [6.07, 6.45) is 0.672. The second-order valence-corrected chi connectivity index (χ2v) is 6.91. The lowest BCUT2D eigenvalue weighted by molar-refractivity contribution is -0.115. The van der Waals surface area contributed by atoms with Crippen LogP contribution in [-0.4, -0.2) is 22.7 Å². The molecule has 1 atom stereocenters. The molecule has 1 aliphatic rings. The molecule has 1 fully saturated rings. The lowest BCUT2D eigenvalue weighted by Crippen LogP contribution is -2.29. The van der Waals surface area contributed by atoms with Gasteiger partial charge in [-0.05, 0) is 42.7 Å². The normalized spacial score (nSPS) is 17.3. The van der Waals surface area contributed by atoms with Gasteiger partial charge in [-0.15, -0.1) is 11.8 Å². The van der Waals surface area contributed by atoms with E-state index in [0.717, 1.165) is 16.8 Å². The van der Waals surface area contributed by atoms with Crippen LogP contribution < -0.4 is 4.90 Å². The van der Waals surface area contributed by atoms with Gasteiger partial charge < -0.3 is 5.11 Å². The Labute approximate surface area is 145 Å². The molecular weight excluding hydrogens is 322 g/mol. The molecule has 2 aromatic carbocycles. The Morgan fingerprint density at radius 1 is 1.25 bits per heavy atom. The molecule has 0 aliphatic carbocycles. The molecule has 1 aliphatic heterocycles. The highest BCUT2D eigenvalue weighted by atomic mass is 32.2. The highest BCUT2D eigenvalue weighted by Crippen LogP contribution is 2.43. The van der Waals surface area contributed by atoms with Crippen LogP contribution in [-0.2, 0) is 11.2 Å². The number of thioether (sulfide) groups is 1. The summed E-state index contributed by atoms with van der Waals surface area (Å²) in [6, 6.07) is 13.2. The van der Waals surface area contributed by atoms with Crippen molar-refractivity contribution in [2.45, 2.75) is 25.6 Å². The van der Waals surface area contributed by atoms with Crippen LogP contribution in [0.15, 0.2) is 42.5 Å². The van der Waals surface area contributed by atoms with E-state index in [0.29, 0.717) is 12.2 Å². The number of carboxylic acids is 1. The number of benzene rings is 2. The zero-order valence-corrected chi connectivity index (χ0v) is 14.5. The van der Waals surface area contributed by atoms with E-state index in [9.17, 15) is 14.7 Å². The van der Waals surface area contributed by atoms with Crippen LogP contribution in [0.5, 0.6) is 0 Å². The third kappa shape index (κ3) is 3.04. The summed E-state index contributed by atoms with van der Waals surface area (Å²) < 4.78 is 0. The maximum Gasteiger partial charge on any atom is 0.335 e. The van der Waals surface area contributed by atoms with Crippen molar-refractivity contribution in [3.63, 3.8) is 0 Å². The van der Waals surface area contributed by atoms with Crippen molar-refractivity contribution in [3.05, 3.63) is 64.7 Å². The van der Waals surface area contributed by atoms with Crippen LogP contribution in [0.1, 0.15) is 39.3 Å². The number of rotatable bonds is 4. The summed E-state index contributed by atoms with van der Waals surface area (Å²) >= 11 is 1.60. The SMILES string of the molecule is CCc1cc(C(=O)O)ccc1N1C(=O)CSC1c1ccc(C)cc1. The predicted octanol–water partition coefficient (Wildman–Crippen LogP) is 4.03. The first kappa shape index (κ1) is 16.6. The summed E-state index contributed by atoms with van der Waals surface area (Å²) in [5.41, 5.74) is 4.20. The molecular formula is C19H19NO3S. The summed E-state index contributed by atoms with van der Waals surface area (Å²) in [6.45, 7) is 4.01. The Balaban J connectivity index is 2.03. The van der Waals surface area contributed by atoms with E-state index in [1.165, 1.54) is 5.56 Å². The second kappa shape index (κ2) is 6.69. The van der Waals surface area contributed by atoms with Gasteiger partial charge in [0.1, 0.15) is 5.37 Å². The number of carboxylic acid groups (broad SMARTS) is 1. The summed E-state index contributed by atoms with van der Waals surface area (Å²) in [7, 11) is 0. The molecule has 24 heavy (non-hydrogen) atoms. The topological polar surface area (TPSA) is 57.6 Å². The number of hydrogen-bond donors (Lipinski definition) is 1. The average Bonchev–Trinajstić information content (AvgIpc) is 2.96. The maximum absolute atomic E-state index is 12.5. The van der Waals surface area contributed by atoms with Gasteiger partial charge in [0.15, 0.2) is 0 Å². The van der Waals surface area contributed by atoms with Gasteiger partial charge in [0.2, 0.25) is 5.91 Å². The highest BCUT2D eigenvalue weighted by molar-refractivity contribution is 8.00. The zero-order chi connectivity index (χ0) is 17.3. The molecule has 1 N–H and O–H groups in total. The molecule has 5 heteroatoms. The van der Waals surface area contributed by atoms with Crippen molar-refractivity contribution >= 4 is 29.3 Å². The molecule has 0 radical (unpaired) electrons. The molecule has 1 unspecified atom stereocenters. The third-order valence-electron chi connectivity index (χ3n) is 4.20. The van der Waals surface area contributed by atoms with E-state index in [1.807, 2.05) is 26.0 Å². The van der Waals surface area contributed by atoms with Crippen molar-refractivity contribution in [3.8, 4) is 0 Å². The zero-order valence-electron chi connectivity index (χ0n) is 13.7. The van der Waals surface area contributed by atoms with Gasteiger partial charge in [-0.25, -0.2) is 4.79 Å². The van der Waals surface area contributed by atoms with E-state index in [2.05, 4.69) is 12.1 Å². The van der Waals surface area contributed by atoms with E-state index < -0.39 is 5.97 Å². The minimum atomic E-state index is -0.951. The minimum Gasteiger partial charge on any atom is -0.478 e. The van der Waals surface area contributed by atoms with Crippen molar-refractivity contribution in [1.29, 1.82) is 0 Å². The van der Waals surface area contributed by atoms with Gasteiger partial charge in [0.25, 0.3) is 0 Å². The lowest BCUT2D eigenvalue weighted by Gasteiger charge is -2.26. The number of aromatic carboxylic acids is 1. The Hall–Kier alpha value is -2.27. The number of carbonyl (C=O) groups is 2. The standard InChI is InChI=1S/C19H19NO3S/c1-3-13-10-15(19(22)23)8-9-16(13)20-17(21)11-24-18(20)14-6-4-12(2)5-7-14/h4-10,18H,3,11H2,1-2H3,(H,22,23). The first-order valence-corrected chi connectivity index (χ1v) is 8.92. The molecule has 4 nitrogen and oxygen atoms in total. The fraction of sp³-hybridized carbons (Fsp3) is 0.263. The molecule has 0 aromatic heterocycles. The van der Waals surface area contributed by atoms with Gasteiger partial charge in [0, 0.05) is 5.69 Å². The smallest absolute Gasteiger partial charge is 0.335 e. The molecule has 1 saturated heterocycles. The van der Waals surface area contributed by atoms with E-state index >= 15 is 0 Å². The molecule has 0 saturated carbocycles. The Morgan fingerprint density at radius 2 is 1.96 bits per heavy atom. The predicted molar refractivity (Wildman–Crippen MR) is 96.6 cm³/mol. The number of anilines is 1. The molecule has 0 spiro atoms. The van der Waals surface area contributed by atoms with Crippen LogP contribution in [0.2, 0.25) is 0 Å². The molecule has 2 aromatic rings. The van der Waals surface area contributed by atoms with Crippen LogP contribution in [0.3, 0.4) is 0 Å². The van der Waals surface area contributed by atoms with Gasteiger partial charge in [-0.1, -0.05) is 36.8 Å². The highest BCUT2D eigenvalue weighted by Gasteiger charge is 2.35. The van der Waals surface area contributed by atoms with Gasteiger partial charge >= 0.3 is 5.97 Å². The largest absolute Gasteiger partial charge is 0.478 e. The molecule has 3 rings (SSSR count). The third-order valence-corrected chi connectivity index (χ3v) is 5.41. The van der Waals surface area contributed by atoms with E-state index in [-0.39, 0.29) is 16.8 Å². The van der Waals surface area contributed by atoms with Crippen molar-refractivity contribution in [2.24, 2.45) is 0 Å². The number of amides is 1. The fourth-order valence-corrected chi connectivity index (χ4v) is 4.07. The molecule has 1 amide bonds. The van der Waals surface area contributed by atoms with Crippen LogP contribution in [0, 0.1) is 6.92 Å². The van der Waals surface area contributed by atoms with Crippen LogP contribution >= 0.6 is 11.8 Å². The quantitative estimate of drug-likeness (QED) is 0.912. The maximum atomic E-state index is 12.5. The first-order chi connectivity index (χ1) is 11.5. The average molecular weight is 341 g/mol. The summed E-state index contributed by atoms with van der Waals surface area (Å²) in [5, 5.41) is 9.11. The summed E-state index contributed by atoms with van der Waals surface area (Å²) in [4.78, 5) is 25.5. The monoisotopic (exact) mass is 341 g/mol.